The van der Waals surface area contributed by atoms with E-state index in [2.05, 4.69) is 5.43 Å². The summed E-state index contributed by atoms with van der Waals surface area (Å²) in [7, 11) is 0. The minimum absolute atomic E-state index is 0.275. The van der Waals surface area contributed by atoms with Crippen LogP contribution < -0.4 is 16.0 Å². The van der Waals surface area contributed by atoms with Gasteiger partial charge in [-0.15, -0.1) is 0 Å². The number of benzene rings is 1. The maximum atomic E-state index is 5.67. The first-order valence-electron chi connectivity index (χ1n) is 6.69. The number of rotatable bonds is 9. The molecule has 0 spiro atoms. The second-order valence-corrected chi connectivity index (χ2v) is 3.89. The van der Waals surface area contributed by atoms with E-state index in [-0.39, 0.29) is 6.04 Å². The van der Waals surface area contributed by atoms with Gasteiger partial charge in [0.25, 0.3) is 0 Å². The Balaban J connectivity index is 2.99. The number of nitrogens with one attached hydrogen (secondary N) is 1. The summed E-state index contributed by atoms with van der Waals surface area (Å²) >= 11 is 0. The van der Waals surface area contributed by atoms with E-state index in [0.29, 0.717) is 19.8 Å². The second kappa shape index (κ2) is 8.87. The van der Waals surface area contributed by atoms with Crippen LogP contribution in [0, 0.1) is 0 Å². The molecule has 0 saturated carbocycles. The Bertz CT molecular complexity index is 354. The van der Waals surface area contributed by atoms with E-state index >= 15 is 0 Å². The van der Waals surface area contributed by atoms with E-state index in [1.54, 1.807) is 0 Å². The zero-order valence-corrected chi connectivity index (χ0v) is 11.9. The van der Waals surface area contributed by atoms with E-state index in [1.807, 2.05) is 45.0 Å². The third kappa shape index (κ3) is 4.47. The van der Waals surface area contributed by atoms with Crippen molar-refractivity contribution < 1.29 is 14.2 Å². The lowest BCUT2D eigenvalue weighted by Gasteiger charge is -2.27. The van der Waals surface area contributed by atoms with E-state index in [1.165, 1.54) is 0 Å². The summed E-state index contributed by atoms with van der Waals surface area (Å²) in [5, 5.41) is 0. The van der Waals surface area contributed by atoms with E-state index < -0.39 is 6.29 Å². The molecule has 0 aliphatic rings. The highest BCUT2D eigenvalue weighted by atomic mass is 16.7. The molecule has 1 aromatic carbocycles. The third-order valence-electron chi connectivity index (χ3n) is 2.67. The first-order chi connectivity index (χ1) is 9.28. The quantitative estimate of drug-likeness (QED) is 0.407. The Morgan fingerprint density at radius 2 is 1.68 bits per heavy atom. The van der Waals surface area contributed by atoms with Crippen LogP contribution in [0.2, 0.25) is 0 Å². The van der Waals surface area contributed by atoms with Crippen molar-refractivity contribution in [2.45, 2.75) is 33.1 Å². The zero-order chi connectivity index (χ0) is 14.1. The van der Waals surface area contributed by atoms with Crippen LogP contribution in [-0.4, -0.2) is 26.1 Å². The molecule has 1 rings (SSSR count). The van der Waals surface area contributed by atoms with Crippen molar-refractivity contribution in [2.75, 3.05) is 19.8 Å². The van der Waals surface area contributed by atoms with Gasteiger partial charge in [-0.3, -0.25) is 5.84 Å². The predicted octanol–water partition coefficient (Wildman–Crippen LogP) is 1.99. The van der Waals surface area contributed by atoms with Crippen LogP contribution in [0.15, 0.2) is 24.3 Å². The minimum atomic E-state index is -0.443. The average molecular weight is 268 g/mol. The summed E-state index contributed by atoms with van der Waals surface area (Å²) < 4.78 is 16.8. The molecule has 0 aliphatic carbocycles. The number of hydrazine groups is 1. The Morgan fingerprint density at radius 3 is 2.21 bits per heavy atom. The number of ether oxygens (including phenoxy) is 3. The van der Waals surface area contributed by atoms with E-state index in [9.17, 15) is 0 Å². The fourth-order valence-corrected chi connectivity index (χ4v) is 1.91. The SMILES string of the molecule is CCOc1ccccc1C(NN)C(OCC)OCC. The van der Waals surface area contributed by atoms with Crippen molar-refractivity contribution >= 4 is 0 Å². The molecule has 1 atom stereocenters. The van der Waals surface area contributed by atoms with Gasteiger partial charge in [-0.2, -0.15) is 0 Å². The maximum absolute atomic E-state index is 5.67. The second-order valence-electron chi connectivity index (χ2n) is 3.89. The molecule has 0 saturated heterocycles. The minimum Gasteiger partial charge on any atom is -0.494 e. The van der Waals surface area contributed by atoms with Crippen molar-refractivity contribution in [2.24, 2.45) is 5.84 Å². The fourth-order valence-electron chi connectivity index (χ4n) is 1.91. The van der Waals surface area contributed by atoms with Gasteiger partial charge in [0.05, 0.1) is 6.61 Å². The highest BCUT2D eigenvalue weighted by Crippen LogP contribution is 2.28. The Kier molecular flexibility index (Phi) is 7.43. The first-order valence-corrected chi connectivity index (χ1v) is 6.69. The van der Waals surface area contributed by atoms with Crippen LogP contribution in [0.25, 0.3) is 0 Å². The van der Waals surface area contributed by atoms with Gasteiger partial charge < -0.3 is 14.2 Å². The number of para-hydroxylation sites is 1. The molecule has 3 N–H and O–H groups in total. The van der Waals surface area contributed by atoms with Crippen molar-refractivity contribution in [3.63, 3.8) is 0 Å². The van der Waals surface area contributed by atoms with Crippen LogP contribution in [0.5, 0.6) is 5.75 Å². The van der Waals surface area contributed by atoms with Gasteiger partial charge in [0, 0.05) is 18.8 Å². The summed E-state index contributed by atoms with van der Waals surface area (Å²) in [5.74, 6) is 6.45. The van der Waals surface area contributed by atoms with Crippen LogP contribution in [0.3, 0.4) is 0 Å². The summed E-state index contributed by atoms with van der Waals surface area (Å²) in [5.41, 5.74) is 3.69. The molecule has 5 heteroatoms. The summed E-state index contributed by atoms with van der Waals surface area (Å²) in [4.78, 5) is 0. The molecule has 1 aromatic rings. The molecule has 0 aromatic heterocycles. The first kappa shape index (κ1) is 15.9. The van der Waals surface area contributed by atoms with Crippen molar-refractivity contribution in [1.29, 1.82) is 0 Å². The smallest absolute Gasteiger partial charge is 0.178 e. The van der Waals surface area contributed by atoms with Crippen molar-refractivity contribution in [3.05, 3.63) is 29.8 Å². The molecule has 108 valence electrons. The summed E-state index contributed by atoms with van der Waals surface area (Å²) in [6.07, 6.45) is -0.443. The van der Waals surface area contributed by atoms with Gasteiger partial charge in [-0.05, 0) is 26.8 Å². The molecule has 0 aliphatic heterocycles. The van der Waals surface area contributed by atoms with E-state index in [4.69, 9.17) is 20.1 Å². The molecular formula is C14H24N2O3. The maximum Gasteiger partial charge on any atom is 0.178 e. The largest absolute Gasteiger partial charge is 0.494 e. The molecule has 0 amide bonds. The highest BCUT2D eigenvalue weighted by Gasteiger charge is 2.25. The monoisotopic (exact) mass is 268 g/mol. The standard InChI is InChI=1S/C14H24N2O3/c1-4-17-12-10-8-7-9-11(12)13(16-15)14(18-5-2)19-6-3/h7-10,13-14,16H,4-6,15H2,1-3H3. The average Bonchev–Trinajstić information content (AvgIpc) is 2.42. The lowest BCUT2D eigenvalue weighted by molar-refractivity contribution is -0.155. The molecule has 0 radical (unpaired) electrons. The lowest BCUT2D eigenvalue weighted by atomic mass is 10.1. The molecule has 0 heterocycles. The number of nitrogens with two attached hydrogens (primary N) is 1. The van der Waals surface area contributed by atoms with Gasteiger partial charge in [0.1, 0.15) is 11.8 Å². The predicted molar refractivity (Wildman–Crippen MR) is 74.7 cm³/mol. The Morgan fingerprint density at radius 1 is 1.05 bits per heavy atom. The number of hydrogen-bond donors (Lipinski definition) is 2. The van der Waals surface area contributed by atoms with Crippen LogP contribution >= 0.6 is 0 Å². The van der Waals surface area contributed by atoms with Gasteiger partial charge in [-0.1, -0.05) is 18.2 Å². The van der Waals surface area contributed by atoms with Gasteiger partial charge in [-0.25, -0.2) is 5.43 Å². The summed E-state index contributed by atoms with van der Waals surface area (Å²) in [6, 6.07) is 7.47. The van der Waals surface area contributed by atoms with Crippen LogP contribution in [-0.2, 0) is 9.47 Å². The van der Waals surface area contributed by atoms with Gasteiger partial charge in [0.15, 0.2) is 6.29 Å². The molecule has 19 heavy (non-hydrogen) atoms. The molecule has 5 nitrogen and oxygen atoms in total. The Hall–Kier alpha value is -1.14. The third-order valence-corrected chi connectivity index (χ3v) is 2.67. The van der Waals surface area contributed by atoms with Gasteiger partial charge in [0.2, 0.25) is 0 Å². The Labute approximate surface area is 115 Å². The molecular weight excluding hydrogens is 244 g/mol. The van der Waals surface area contributed by atoms with E-state index in [0.717, 1.165) is 11.3 Å². The summed E-state index contributed by atoms with van der Waals surface area (Å²) in [6.45, 7) is 7.51. The zero-order valence-electron chi connectivity index (χ0n) is 11.9. The molecule has 1 unspecified atom stereocenters. The molecule has 0 fully saturated rings. The van der Waals surface area contributed by atoms with Crippen LogP contribution in [0.1, 0.15) is 32.4 Å². The van der Waals surface area contributed by atoms with Crippen LogP contribution in [0.4, 0.5) is 0 Å². The van der Waals surface area contributed by atoms with Gasteiger partial charge >= 0.3 is 0 Å². The molecule has 0 bridgehead atoms. The van der Waals surface area contributed by atoms with Crippen molar-refractivity contribution in [3.8, 4) is 5.75 Å². The fraction of sp³-hybridized carbons (Fsp3) is 0.571. The normalized spacial score (nSPS) is 12.7. The number of hydrogen-bond acceptors (Lipinski definition) is 5. The van der Waals surface area contributed by atoms with Crippen molar-refractivity contribution in [1.82, 2.24) is 5.43 Å². The highest BCUT2D eigenvalue weighted by molar-refractivity contribution is 5.36. The topological polar surface area (TPSA) is 65.7 Å². The lowest BCUT2D eigenvalue weighted by Crippen LogP contribution is -2.39.